The molecule has 1 rings (SSSR count). The van der Waals surface area contributed by atoms with Crippen LogP contribution in [0.3, 0.4) is 0 Å². The first kappa shape index (κ1) is 10.8. The van der Waals surface area contributed by atoms with Gasteiger partial charge in [-0.15, -0.1) is 0 Å². The van der Waals surface area contributed by atoms with Crippen LogP contribution in [-0.4, -0.2) is 7.11 Å². The lowest BCUT2D eigenvalue weighted by Crippen LogP contribution is -1.90. The van der Waals surface area contributed by atoms with Crippen LogP contribution in [-0.2, 0) is 5.33 Å². The number of alkyl halides is 1. The Hall–Kier alpha value is 0.710. The van der Waals surface area contributed by atoms with E-state index in [4.69, 9.17) is 4.74 Å². The van der Waals surface area contributed by atoms with Crippen LogP contribution >= 0.6 is 54.5 Å². The number of ether oxygens (including phenoxy) is 1. The summed E-state index contributed by atoms with van der Waals surface area (Å²) >= 11 is 9.20. The highest BCUT2D eigenvalue weighted by molar-refractivity contribution is 14.1. The maximum absolute atomic E-state index is 5.16. The van der Waals surface area contributed by atoms with Crippen molar-refractivity contribution in [3.05, 3.63) is 25.7 Å². The molecule has 1 aromatic carbocycles. The van der Waals surface area contributed by atoms with E-state index in [1.807, 2.05) is 6.07 Å². The molecule has 0 amide bonds. The Kier molecular flexibility index (Phi) is 4.32. The lowest BCUT2D eigenvalue weighted by molar-refractivity contribution is 0.411. The lowest BCUT2D eigenvalue weighted by Gasteiger charge is -2.07. The molecule has 66 valence electrons. The molecule has 0 aliphatic carbocycles. The van der Waals surface area contributed by atoms with Crippen molar-refractivity contribution in [3.63, 3.8) is 0 Å². The molecule has 0 bridgehead atoms. The van der Waals surface area contributed by atoms with Crippen molar-refractivity contribution < 1.29 is 4.74 Å². The summed E-state index contributed by atoms with van der Waals surface area (Å²) < 4.78 is 7.39. The quantitative estimate of drug-likeness (QED) is 0.534. The van der Waals surface area contributed by atoms with Gasteiger partial charge in [0.05, 0.1) is 11.6 Å². The Balaban J connectivity index is 3.20. The first-order valence-corrected chi connectivity index (χ1v) is 6.27. The van der Waals surface area contributed by atoms with E-state index in [0.29, 0.717) is 0 Å². The molecule has 0 saturated carbocycles. The summed E-state index contributed by atoms with van der Waals surface area (Å²) in [6, 6.07) is 4.02. The molecule has 0 heterocycles. The number of methoxy groups -OCH3 is 1. The molecule has 0 atom stereocenters. The smallest absolute Gasteiger partial charge is 0.134 e. The molecule has 0 unspecified atom stereocenters. The largest absolute Gasteiger partial charge is 0.496 e. The van der Waals surface area contributed by atoms with E-state index in [-0.39, 0.29) is 0 Å². The first-order chi connectivity index (χ1) is 5.70. The molecule has 0 aliphatic heterocycles. The predicted octanol–water partition coefficient (Wildman–Crippen LogP) is 3.96. The number of rotatable bonds is 2. The van der Waals surface area contributed by atoms with Crippen molar-refractivity contribution in [1.29, 1.82) is 0 Å². The summed E-state index contributed by atoms with van der Waals surface area (Å²) in [5.74, 6) is 0.879. The first-order valence-electron chi connectivity index (χ1n) is 3.27. The van der Waals surface area contributed by atoms with Crippen LogP contribution in [0.5, 0.6) is 5.75 Å². The number of benzene rings is 1. The normalized spacial score (nSPS) is 10.0. The van der Waals surface area contributed by atoms with E-state index < -0.39 is 0 Å². The van der Waals surface area contributed by atoms with E-state index in [1.54, 1.807) is 7.11 Å². The maximum atomic E-state index is 5.16. The van der Waals surface area contributed by atoms with Gasteiger partial charge >= 0.3 is 0 Å². The summed E-state index contributed by atoms with van der Waals surface area (Å²) in [5, 5.41) is 0.869. The molecule has 12 heavy (non-hydrogen) atoms. The second-order valence-corrected chi connectivity index (χ2v) is 4.62. The van der Waals surface area contributed by atoms with Gasteiger partial charge < -0.3 is 4.74 Å². The van der Waals surface area contributed by atoms with Gasteiger partial charge in [0.2, 0.25) is 0 Å². The predicted molar refractivity (Wildman–Crippen MR) is 66.0 cm³/mol. The minimum absolute atomic E-state index is 0.869. The van der Waals surface area contributed by atoms with Gasteiger partial charge in [-0.05, 0) is 50.2 Å². The Labute approximate surface area is 102 Å². The third-order valence-electron chi connectivity index (χ3n) is 1.49. The number of hydrogen-bond acceptors (Lipinski definition) is 1. The van der Waals surface area contributed by atoms with Crippen molar-refractivity contribution >= 4 is 54.5 Å². The molecule has 0 radical (unpaired) electrons. The summed E-state index contributed by atoms with van der Waals surface area (Å²) in [5.41, 5.74) is 1.27. The molecule has 4 heteroatoms. The van der Waals surface area contributed by atoms with Crippen molar-refractivity contribution in [1.82, 2.24) is 0 Å². The van der Waals surface area contributed by atoms with Crippen LogP contribution in [0.15, 0.2) is 16.6 Å². The average molecular weight is 406 g/mol. The Morgan fingerprint density at radius 3 is 2.67 bits per heavy atom. The minimum Gasteiger partial charge on any atom is -0.496 e. The highest BCUT2D eigenvalue weighted by Crippen LogP contribution is 2.32. The zero-order valence-corrected chi connectivity index (χ0v) is 11.7. The minimum atomic E-state index is 0.869. The van der Waals surface area contributed by atoms with Crippen LogP contribution < -0.4 is 4.74 Å². The molecule has 0 aromatic heterocycles. The van der Waals surface area contributed by atoms with Crippen LogP contribution in [0.25, 0.3) is 0 Å². The van der Waals surface area contributed by atoms with Crippen LogP contribution in [0.2, 0.25) is 0 Å². The fourth-order valence-electron chi connectivity index (χ4n) is 0.833. The number of hydrogen-bond donors (Lipinski definition) is 0. The van der Waals surface area contributed by atoms with Crippen LogP contribution in [0.4, 0.5) is 0 Å². The molecule has 0 aliphatic rings. The zero-order chi connectivity index (χ0) is 9.14. The lowest BCUT2D eigenvalue weighted by atomic mass is 10.2. The molecular formula is C8H7Br2IO. The second-order valence-electron chi connectivity index (χ2n) is 2.19. The van der Waals surface area contributed by atoms with E-state index >= 15 is 0 Å². The van der Waals surface area contributed by atoms with E-state index in [9.17, 15) is 0 Å². The second kappa shape index (κ2) is 4.81. The van der Waals surface area contributed by atoms with Crippen LogP contribution in [0, 0.1) is 3.57 Å². The van der Waals surface area contributed by atoms with Gasteiger partial charge in [-0.1, -0.05) is 22.0 Å². The molecule has 0 fully saturated rings. The van der Waals surface area contributed by atoms with E-state index in [2.05, 4.69) is 60.5 Å². The standard InChI is InChI=1S/C8H7Br2IO/c1-12-6-3-2-5(4-9)8(11)7(6)10/h2-3H,4H2,1H3. The maximum Gasteiger partial charge on any atom is 0.134 e. The highest BCUT2D eigenvalue weighted by atomic mass is 127. The van der Waals surface area contributed by atoms with Gasteiger partial charge in [0, 0.05) is 8.90 Å². The summed E-state index contributed by atoms with van der Waals surface area (Å²) in [7, 11) is 1.67. The van der Waals surface area contributed by atoms with Crippen LogP contribution in [0.1, 0.15) is 5.56 Å². The van der Waals surface area contributed by atoms with E-state index in [1.165, 1.54) is 9.13 Å². The van der Waals surface area contributed by atoms with Crippen molar-refractivity contribution in [3.8, 4) is 5.75 Å². The van der Waals surface area contributed by atoms with Gasteiger partial charge in [-0.3, -0.25) is 0 Å². The van der Waals surface area contributed by atoms with E-state index in [0.717, 1.165) is 15.6 Å². The monoisotopic (exact) mass is 404 g/mol. The SMILES string of the molecule is COc1ccc(CBr)c(I)c1Br. The molecular weight excluding hydrogens is 399 g/mol. The van der Waals surface area contributed by atoms with Gasteiger partial charge in [-0.25, -0.2) is 0 Å². The molecule has 0 N–H and O–H groups in total. The van der Waals surface area contributed by atoms with Crippen molar-refractivity contribution in [2.24, 2.45) is 0 Å². The Morgan fingerprint density at radius 1 is 1.50 bits per heavy atom. The Morgan fingerprint density at radius 2 is 2.17 bits per heavy atom. The molecule has 1 aromatic rings. The van der Waals surface area contributed by atoms with Gasteiger partial charge in [0.25, 0.3) is 0 Å². The summed E-state index contributed by atoms with van der Waals surface area (Å²) in [4.78, 5) is 0. The Bertz CT molecular complexity index is 260. The highest BCUT2D eigenvalue weighted by Gasteiger charge is 2.07. The van der Waals surface area contributed by atoms with Crippen molar-refractivity contribution in [2.75, 3.05) is 7.11 Å². The fourth-order valence-corrected chi connectivity index (χ4v) is 3.01. The third-order valence-corrected chi connectivity index (χ3v) is 4.86. The molecule has 0 saturated heterocycles. The molecule has 1 nitrogen and oxygen atoms in total. The van der Waals surface area contributed by atoms with Gasteiger partial charge in [0.1, 0.15) is 5.75 Å². The average Bonchev–Trinajstić information content (AvgIpc) is 2.10. The fraction of sp³-hybridized carbons (Fsp3) is 0.250. The number of halogens is 3. The van der Waals surface area contributed by atoms with Gasteiger partial charge in [-0.2, -0.15) is 0 Å². The van der Waals surface area contributed by atoms with Crippen molar-refractivity contribution in [2.45, 2.75) is 5.33 Å². The summed E-state index contributed by atoms with van der Waals surface area (Å²) in [6.07, 6.45) is 0. The summed E-state index contributed by atoms with van der Waals surface area (Å²) in [6.45, 7) is 0. The zero-order valence-electron chi connectivity index (χ0n) is 6.40. The topological polar surface area (TPSA) is 9.23 Å². The molecule has 0 spiro atoms. The van der Waals surface area contributed by atoms with Gasteiger partial charge in [0.15, 0.2) is 0 Å². The third kappa shape index (κ3) is 2.14.